The van der Waals surface area contributed by atoms with Gasteiger partial charge in [-0.05, 0) is 37.6 Å². The van der Waals surface area contributed by atoms with Crippen LogP contribution in [0, 0.1) is 5.92 Å². The molecule has 5 heterocycles. The quantitative estimate of drug-likeness (QED) is 0.694. The molecule has 9 nitrogen and oxygen atoms in total. The van der Waals surface area contributed by atoms with Crippen LogP contribution in [-0.4, -0.2) is 51.9 Å². The van der Waals surface area contributed by atoms with Gasteiger partial charge in [-0.25, -0.2) is 5.43 Å². The Balaban J connectivity index is 1.34. The first-order chi connectivity index (χ1) is 13.8. The lowest BCUT2D eigenvalue weighted by Crippen LogP contribution is -2.53. The van der Waals surface area contributed by atoms with Gasteiger partial charge in [-0.15, -0.1) is 10.2 Å². The third kappa shape index (κ3) is 3.27. The zero-order chi connectivity index (χ0) is 18.9. The Labute approximate surface area is 162 Å². The number of amides is 1. The van der Waals surface area contributed by atoms with Gasteiger partial charge in [0.25, 0.3) is 0 Å². The van der Waals surface area contributed by atoms with Crippen LogP contribution >= 0.6 is 0 Å². The van der Waals surface area contributed by atoms with Gasteiger partial charge in [0.2, 0.25) is 17.7 Å². The molecule has 3 N–H and O–H groups in total. The maximum atomic E-state index is 12.4. The fraction of sp³-hybridized carbons (Fsp3) is 0.474. The van der Waals surface area contributed by atoms with Crippen LogP contribution in [-0.2, 0) is 11.2 Å². The average molecular weight is 381 g/mol. The van der Waals surface area contributed by atoms with E-state index in [1.807, 2.05) is 12.1 Å². The van der Waals surface area contributed by atoms with E-state index in [1.165, 1.54) is 0 Å². The Morgan fingerprint density at radius 2 is 2.14 bits per heavy atom. The number of carbonyl (C=O) groups is 1. The van der Waals surface area contributed by atoms with Crippen molar-refractivity contribution < 1.29 is 9.21 Å². The number of hydrogen-bond donors (Lipinski definition) is 3. The number of piperidine rings is 1. The van der Waals surface area contributed by atoms with E-state index in [9.17, 15) is 4.79 Å². The first-order valence-corrected chi connectivity index (χ1v) is 9.74. The molecule has 2 atom stereocenters. The van der Waals surface area contributed by atoms with Gasteiger partial charge in [0.15, 0.2) is 0 Å². The van der Waals surface area contributed by atoms with Crippen LogP contribution in [0.25, 0.3) is 0 Å². The molecule has 2 unspecified atom stereocenters. The predicted octanol–water partition coefficient (Wildman–Crippen LogP) is 0.299. The molecule has 0 aromatic carbocycles. The fourth-order valence-electron chi connectivity index (χ4n) is 4.21. The topological polar surface area (TPSA) is 108 Å². The second-order valence-electron chi connectivity index (χ2n) is 7.46. The monoisotopic (exact) mass is 381 g/mol. The molecule has 2 fully saturated rings. The molecule has 2 saturated heterocycles. The van der Waals surface area contributed by atoms with Crippen LogP contribution in [0.4, 0.5) is 0 Å². The van der Waals surface area contributed by atoms with E-state index < -0.39 is 0 Å². The van der Waals surface area contributed by atoms with E-state index in [4.69, 9.17) is 4.42 Å². The Morgan fingerprint density at radius 1 is 1.25 bits per heavy atom. The molecule has 3 aliphatic rings. The average Bonchev–Trinajstić information content (AvgIpc) is 3.35. The third-order valence-electron chi connectivity index (χ3n) is 5.62. The summed E-state index contributed by atoms with van der Waals surface area (Å²) in [4.78, 5) is 16.5. The minimum absolute atomic E-state index is 0.0569. The van der Waals surface area contributed by atoms with Crippen LogP contribution in [0.2, 0.25) is 0 Å². The Morgan fingerprint density at radius 3 is 2.96 bits per heavy atom. The molecule has 0 aliphatic carbocycles. The number of hydrogen-bond acceptors (Lipinski definition) is 8. The Bertz CT molecular complexity index is 875. The lowest BCUT2D eigenvalue weighted by molar-refractivity contribution is -0.119. The van der Waals surface area contributed by atoms with Crippen molar-refractivity contribution >= 4 is 5.91 Å². The van der Waals surface area contributed by atoms with Crippen LogP contribution in [0.3, 0.4) is 0 Å². The van der Waals surface area contributed by atoms with Gasteiger partial charge in [0.05, 0.1) is 12.3 Å². The second-order valence-corrected chi connectivity index (χ2v) is 7.46. The summed E-state index contributed by atoms with van der Waals surface area (Å²) in [6, 6.07) is 3.87. The maximum absolute atomic E-state index is 12.4. The van der Waals surface area contributed by atoms with Crippen molar-refractivity contribution in [1.29, 1.82) is 0 Å². The van der Waals surface area contributed by atoms with Crippen molar-refractivity contribution in [3.05, 3.63) is 53.6 Å². The van der Waals surface area contributed by atoms with Gasteiger partial charge in [0, 0.05) is 36.6 Å². The van der Waals surface area contributed by atoms with Crippen molar-refractivity contribution in [3.8, 4) is 0 Å². The number of nitrogens with zero attached hydrogens (tertiary/aromatic N) is 4. The van der Waals surface area contributed by atoms with Crippen LogP contribution in [0.1, 0.15) is 36.1 Å². The van der Waals surface area contributed by atoms with Crippen molar-refractivity contribution in [2.75, 3.05) is 19.6 Å². The van der Waals surface area contributed by atoms with Crippen molar-refractivity contribution in [3.63, 3.8) is 0 Å². The van der Waals surface area contributed by atoms with E-state index in [2.05, 4.69) is 36.2 Å². The number of rotatable bonds is 4. The highest BCUT2D eigenvalue weighted by atomic mass is 16.4. The van der Waals surface area contributed by atoms with Gasteiger partial charge in [-0.3, -0.25) is 14.8 Å². The third-order valence-corrected chi connectivity index (χ3v) is 5.62. The van der Waals surface area contributed by atoms with Gasteiger partial charge < -0.3 is 15.1 Å². The minimum atomic E-state index is -0.214. The molecule has 0 saturated carbocycles. The van der Waals surface area contributed by atoms with Crippen molar-refractivity contribution in [2.45, 2.75) is 31.3 Å². The number of carbonyl (C=O) groups excluding carboxylic acids is 1. The molecule has 0 bridgehead atoms. The lowest BCUT2D eigenvalue weighted by atomic mass is 9.92. The maximum Gasteiger partial charge on any atom is 0.247 e. The summed E-state index contributed by atoms with van der Waals surface area (Å²) in [6.07, 6.45) is 7.65. The molecule has 146 valence electrons. The zero-order valence-corrected chi connectivity index (χ0v) is 15.5. The second kappa shape index (κ2) is 7.33. The minimum Gasteiger partial charge on any atom is -0.424 e. The molecular weight excluding hydrogens is 358 g/mol. The summed E-state index contributed by atoms with van der Waals surface area (Å²) in [5.74, 6) is 1.33. The molecular formula is C19H23N7O2. The van der Waals surface area contributed by atoms with Crippen molar-refractivity contribution in [2.24, 2.45) is 5.92 Å². The smallest absolute Gasteiger partial charge is 0.247 e. The molecule has 28 heavy (non-hydrogen) atoms. The first kappa shape index (κ1) is 17.3. The van der Waals surface area contributed by atoms with Gasteiger partial charge in [-0.1, -0.05) is 6.07 Å². The molecule has 2 aromatic heterocycles. The summed E-state index contributed by atoms with van der Waals surface area (Å²) in [5.41, 5.74) is 5.51. The lowest BCUT2D eigenvalue weighted by Gasteiger charge is -2.38. The highest BCUT2D eigenvalue weighted by molar-refractivity contribution is 5.89. The summed E-state index contributed by atoms with van der Waals surface area (Å²) in [6.45, 7) is 2.60. The number of hydrazine groups is 1. The molecule has 5 rings (SSSR count). The SMILES string of the molecule is O=C1C=C(C2CCNCC2)N2NCC(c3nnc(Cc4cccnc4)o3)C2N1. The molecule has 0 spiro atoms. The Hall–Kier alpha value is -2.78. The van der Waals surface area contributed by atoms with Gasteiger partial charge >= 0.3 is 0 Å². The molecule has 1 amide bonds. The van der Waals surface area contributed by atoms with Crippen LogP contribution in [0.5, 0.6) is 0 Å². The van der Waals surface area contributed by atoms with E-state index in [0.717, 1.165) is 37.2 Å². The number of fused-ring (bicyclic) bond motifs is 1. The fourth-order valence-corrected chi connectivity index (χ4v) is 4.21. The first-order valence-electron chi connectivity index (χ1n) is 9.74. The largest absolute Gasteiger partial charge is 0.424 e. The predicted molar refractivity (Wildman–Crippen MR) is 99.5 cm³/mol. The summed E-state index contributed by atoms with van der Waals surface area (Å²) in [5, 5.41) is 17.0. The van der Waals surface area contributed by atoms with Gasteiger partial charge in [0.1, 0.15) is 6.17 Å². The van der Waals surface area contributed by atoms with E-state index in [1.54, 1.807) is 18.5 Å². The van der Waals surface area contributed by atoms with Crippen LogP contribution in [0.15, 0.2) is 40.7 Å². The number of aromatic nitrogens is 3. The van der Waals surface area contributed by atoms with Crippen molar-refractivity contribution in [1.82, 2.24) is 36.2 Å². The number of allylic oxidation sites excluding steroid dienone is 1. The molecule has 3 aliphatic heterocycles. The van der Waals surface area contributed by atoms with E-state index >= 15 is 0 Å². The number of pyridine rings is 1. The van der Waals surface area contributed by atoms with Crippen LogP contribution < -0.4 is 16.1 Å². The Kier molecular flexibility index (Phi) is 4.53. The summed E-state index contributed by atoms with van der Waals surface area (Å²) in [7, 11) is 0. The molecule has 9 heteroatoms. The molecule has 2 aromatic rings. The zero-order valence-electron chi connectivity index (χ0n) is 15.5. The standard InChI is InChI=1S/C19H23N7O2/c27-16-9-15(13-3-6-20-7-4-13)26-18(23-16)14(11-22-26)19-25-24-17(28-19)8-12-2-1-5-21-10-12/h1-2,5,9-10,13-14,18,20,22H,3-4,6-8,11H2,(H,23,27). The summed E-state index contributed by atoms with van der Waals surface area (Å²) < 4.78 is 5.94. The highest BCUT2D eigenvalue weighted by Crippen LogP contribution is 2.34. The van der Waals surface area contributed by atoms with Gasteiger partial charge in [-0.2, -0.15) is 0 Å². The van der Waals surface area contributed by atoms with E-state index in [-0.39, 0.29) is 18.0 Å². The highest BCUT2D eigenvalue weighted by Gasteiger charge is 2.44. The van der Waals surface area contributed by atoms with E-state index in [0.29, 0.717) is 30.7 Å². The normalized spacial score (nSPS) is 25.4. The summed E-state index contributed by atoms with van der Waals surface area (Å²) >= 11 is 0. The molecule has 0 radical (unpaired) electrons. The number of nitrogens with one attached hydrogen (secondary N) is 3.